The maximum Gasteiger partial charge on any atom is 0.416 e. The third-order valence-electron chi connectivity index (χ3n) is 9.11. The fourth-order valence-electron chi connectivity index (χ4n) is 6.51. The molecule has 0 unspecified atom stereocenters. The molecule has 2 N–H and O–H groups in total. The summed E-state index contributed by atoms with van der Waals surface area (Å²) in [5, 5.41) is 17.0. The number of aromatic hydroxyl groups is 1. The topological polar surface area (TPSA) is 168 Å². The molecule has 1 saturated heterocycles. The number of carbonyl (C=O) groups is 2. The lowest BCUT2D eigenvalue weighted by atomic mass is 10.1. The van der Waals surface area contributed by atoms with Crippen molar-refractivity contribution in [2.75, 3.05) is 47.8 Å². The second kappa shape index (κ2) is 13.4. The number of halogens is 4. The average molecular weight is 738 g/mol. The molecule has 270 valence electrons. The number of anilines is 4. The highest BCUT2D eigenvalue weighted by Gasteiger charge is 2.33. The molecule has 7 rings (SSSR count). The lowest BCUT2D eigenvalue weighted by molar-refractivity contribution is -0.137. The summed E-state index contributed by atoms with van der Waals surface area (Å²) in [5.74, 6) is -0.225. The molecule has 15 nitrogen and oxygen atoms in total. The van der Waals surface area contributed by atoms with Gasteiger partial charge < -0.3 is 29.7 Å². The van der Waals surface area contributed by atoms with Gasteiger partial charge in [-0.2, -0.15) is 18.3 Å². The van der Waals surface area contributed by atoms with Crippen LogP contribution in [-0.2, 0) is 30.5 Å². The summed E-state index contributed by atoms with van der Waals surface area (Å²) < 4.78 is 43.0. The highest BCUT2D eigenvalue weighted by molar-refractivity contribution is 6.33. The Balaban J connectivity index is 1.25. The highest BCUT2D eigenvalue weighted by atomic mass is 35.5. The number of alkyl halides is 3. The van der Waals surface area contributed by atoms with E-state index in [1.807, 2.05) is 22.8 Å². The standard InChI is InChI=1S/C33H31ClF3N11O4/c1-3-22-28(44-8-10-45(11-9-44)32(52)27-29(50)18(2)39-17-40-27)30(51)26-31(38-15-23(43-26)46-12-13-48-25(46)6-7-41-48)47(22)16-24(49)42-21-5-4-19(14-20(21)34)33(35,36)37/h4-7,14-15,17,50H,3,8-13,16H2,1-2H3,(H,42,49). The highest BCUT2D eigenvalue weighted by Crippen LogP contribution is 2.34. The number of rotatable bonds is 7. The first-order valence-electron chi connectivity index (χ1n) is 16.3. The molecule has 1 fully saturated rings. The molecule has 2 aliphatic rings. The number of piperazine rings is 1. The van der Waals surface area contributed by atoms with Gasteiger partial charge in [0.25, 0.3) is 5.91 Å². The lowest BCUT2D eigenvalue weighted by Gasteiger charge is -2.37. The van der Waals surface area contributed by atoms with E-state index in [9.17, 15) is 32.7 Å². The summed E-state index contributed by atoms with van der Waals surface area (Å²) in [5.41, 5.74) is -0.358. The number of hydrogen-bond donors (Lipinski definition) is 2. The van der Waals surface area contributed by atoms with Gasteiger partial charge in [-0.1, -0.05) is 18.5 Å². The van der Waals surface area contributed by atoms with Crippen LogP contribution in [0.4, 0.5) is 36.2 Å². The van der Waals surface area contributed by atoms with E-state index in [4.69, 9.17) is 16.6 Å². The van der Waals surface area contributed by atoms with Gasteiger partial charge in [0.2, 0.25) is 11.3 Å². The molecule has 0 atom stereocenters. The average Bonchev–Trinajstić information content (AvgIpc) is 3.75. The van der Waals surface area contributed by atoms with E-state index in [1.54, 1.807) is 22.4 Å². The van der Waals surface area contributed by atoms with Crippen LogP contribution in [0.2, 0.25) is 5.02 Å². The Labute approximate surface area is 298 Å². The Morgan fingerprint density at radius 3 is 2.52 bits per heavy atom. The molecule has 1 aromatic carbocycles. The van der Waals surface area contributed by atoms with Crippen LogP contribution in [0.5, 0.6) is 5.75 Å². The summed E-state index contributed by atoms with van der Waals surface area (Å²) in [7, 11) is 0. The first kappa shape index (κ1) is 34.7. The molecule has 2 amide bonds. The molecule has 0 aliphatic carbocycles. The van der Waals surface area contributed by atoms with E-state index in [0.29, 0.717) is 24.6 Å². The van der Waals surface area contributed by atoms with Crippen molar-refractivity contribution in [2.45, 2.75) is 39.5 Å². The first-order chi connectivity index (χ1) is 24.8. The minimum Gasteiger partial charge on any atom is -0.504 e. The van der Waals surface area contributed by atoms with E-state index in [2.05, 4.69) is 25.4 Å². The number of amides is 2. The minimum absolute atomic E-state index is 0.00270. The van der Waals surface area contributed by atoms with Crippen molar-refractivity contribution >= 4 is 57.6 Å². The van der Waals surface area contributed by atoms with Crippen LogP contribution in [0.25, 0.3) is 11.2 Å². The van der Waals surface area contributed by atoms with Gasteiger partial charge in [0.15, 0.2) is 28.4 Å². The number of hydrogen-bond acceptors (Lipinski definition) is 11. The maximum atomic E-state index is 14.4. The van der Waals surface area contributed by atoms with Crippen LogP contribution in [0.1, 0.15) is 34.4 Å². The molecular weight excluding hydrogens is 707 g/mol. The quantitative estimate of drug-likeness (QED) is 0.250. The molecule has 5 aromatic rings. The van der Waals surface area contributed by atoms with Gasteiger partial charge in [-0.15, -0.1) is 0 Å². The summed E-state index contributed by atoms with van der Waals surface area (Å²) in [6.45, 7) is 5.01. The van der Waals surface area contributed by atoms with Crippen LogP contribution < -0.4 is 20.5 Å². The number of pyridine rings is 1. The van der Waals surface area contributed by atoms with E-state index in [-0.39, 0.29) is 83.8 Å². The lowest BCUT2D eigenvalue weighted by Crippen LogP contribution is -2.50. The number of benzene rings is 1. The number of aromatic nitrogens is 7. The molecule has 52 heavy (non-hydrogen) atoms. The number of nitrogens with one attached hydrogen (secondary N) is 1. The van der Waals surface area contributed by atoms with Gasteiger partial charge in [0.1, 0.15) is 24.4 Å². The molecule has 4 aromatic heterocycles. The number of carbonyl (C=O) groups excluding carboxylic acids is 2. The Morgan fingerprint density at radius 2 is 1.81 bits per heavy atom. The summed E-state index contributed by atoms with van der Waals surface area (Å²) in [6, 6.07) is 4.45. The van der Waals surface area contributed by atoms with Crippen molar-refractivity contribution in [3.8, 4) is 5.75 Å². The predicted molar refractivity (Wildman–Crippen MR) is 184 cm³/mol. The summed E-state index contributed by atoms with van der Waals surface area (Å²) in [4.78, 5) is 63.8. The Hall–Kier alpha value is -5.78. The van der Waals surface area contributed by atoms with Gasteiger partial charge in [-0.25, -0.2) is 24.6 Å². The minimum atomic E-state index is -4.62. The van der Waals surface area contributed by atoms with Crippen molar-refractivity contribution in [2.24, 2.45) is 0 Å². The zero-order valence-electron chi connectivity index (χ0n) is 27.9. The van der Waals surface area contributed by atoms with Gasteiger partial charge in [-0.05, 0) is 31.5 Å². The monoisotopic (exact) mass is 737 g/mol. The van der Waals surface area contributed by atoms with Gasteiger partial charge in [-0.3, -0.25) is 14.4 Å². The summed E-state index contributed by atoms with van der Waals surface area (Å²) in [6.07, 6.45) is 0.0512. The van der Waals surface area contributed by atoms with E-state index >= 15 is 0 Å². The largest absolute Gasteiger partial charge is 0.504 e. The molecule has 0 spiro atoms. The molecule has 19 heteroatoms. The normalized spacial score (nSPS) is 14.6. The van der Waals surface area contributed by atoms with Crippen LogP contribution in [-0.4, -0.2) is 88.8 Å². The van der Waals surface area contributed by atoms with Crippen LogP contribution >= 0.6 is 11.6 Å². The van der Waals surface area contributed by atoms with E-state index in [0.717, 1.165) is 24.0 Å². The van der Waals surface area contributed by atoms with Crippen molar-refractivity contribution in [1.29, 1.82) is 0 Å². The van der Waals surface area contributed by atoms with E-state index < -0.39 is 29.0 Å². The van der Waals surface area contributed by atoms with Crippen molar-refractivity contribution < 1.29 is 27.9 Å². The van der Waals surface area contributed by atoms with Crippen LogP contribution in [0.15, 0.2) is 47.8 Å². The number of nitrogens with zero attached hydrogens (tertiary/aromatic N) is 10. The second-order valence-corrected chi connectivity index (χ2v) is 12.6. The summed E-state index contributed by atoms with van der Waals surface area (Å²) >= 11 is 6.13. The van der Waals surface area contributed by atoms with Crippen molar-refractivity contribution in [1.82, 2.24) is 39.2 Å². The Bertz CT molecular complexity index is 2290. The van der Waals surface area contributed by atoms with Gasteiger partial charge in [0.05, 0.1) is 40.9 Å². The molecule has 0 saturated carbocycles. The third kappa shape index (κ3) is 6.22. The Kier molecular flexibility index (Phi) is 8.93. The number of fused-ring (bicyclic) bond motifs is 2. The SMILES string of the molecule is CCc1c(N2CCN(C(=O)c3ncnc(C)c3O)CC2)c(=O)c2nc(N3CCn4nccc43)cnc2n1CC(=O)Nc1ccc(C(F)(F)F)cc1Cl. The maximum absolute atomic E-state index is 14.4. The zero-order valence-corrected chi connectivity index (χ0v) is 28.6. The van der Waals surface area contributed by atoms with Crippen LogP contribution in [0, 0.1) is 6.92 Å². The molecular formula is C33H31ClF3N11O4. The smallest absolute Gasteiger partial charge is 0.416 e. The van der Waals surface area contributed by atoms with Crippen LogP contribution in [0.3, 0.4) is 0 Å². The Morgan fingerprint density at radius 1 is 1.04 bits per heavy atom. The zero-order chi connectivity index (χ0) is 36.9. The van der Waals surface area contributed by atoms with Crippen molar-refractivity contribution in [3.05, 3.63) is 80.9 Å². The fraction of sp³-hybridized carbons (Fsp3) is 0.333. The molecule has 2 aliphatic heterocycles. The van der Waals surface area contributed by atoms with Gasteiger partial charge in [0, 0.05) is 44.5 Å². The fourth-order valence-corrected chi connectivity index (χ4v) is 6.74. The molecule has 0 bridgehead atoms. The predicted octanol–water partition coefficient (Wildman–Crippen LogP) is 3.78. The number of aryl methyl sites for hydroxylation is 1. The first-order valence-corrected chi connectivity index (χ1v) is 16.7. The van der Waals surface area contributed by atoms with Crippen molar-refractivity contribution in [3.63, 3.8) is 0 Å². The molecule has 0 radical (unpaired) electrons. The molecule has 6 heterocycles. The van der Waals surface area contributed by atoms with E-state index in [1.165, 1.54) is 17.4 Å². The van der Waals surface area contributed by atoms with Gasteiger partial charge >= 0.3 is 6.18 Å². The second-order valence-electron chi connectivity index (χ2n) is 12.2. The third-order valence-corrected chi connectivity index (χ3v) is 9.42.